The number of para-hydroxylation sites is 1. The molecule has 0 fully saturated rings. The smallest absolute Gasteiger partial charge is 0.291 e. The van der Waals surface area contributed by atoms with Gasteiger partial charge >= 0.3 is 0 Å². The van der Waals surface area contributed by atoms with E-state index < -0.39 is 11.9 Å². The third-order valence-electron chi connectivity index (χ3n) is 6.18. The minimum atomic E-state index is -0.710. The van der Waals surface area contributed by atoms with E-state index in [4.69, 9.17) is 13.9 Å². The van der Waals surface area contributed by atoms with Gasteiger partial charge in [-0.05, 0) is 60.9 Å². The van der Waals surface area contributed by atoms with E-state index in [0.29, 0.717) is 41.2 Å². The zero-order valence-corrected chi connectivity index (χ0v) is 20.1. The van der Waals surface area contributed by atoms with Crippen molar-refractivity contribution in [3.63, 3.8) is 0 Å². The van der Waals surface area contributed by atoms with Crippen LogP contribution in [0.1, 0.15) is 53.6 Å². The monoisotopic (exact) mass is 487 g/mol. The SMILES string of the molecule is CCCOc1ccc(C2c3c(oc4ccccc4c3=O)C(=O)N2Cc2ccc(F)cc2)cc1OCC. The van der Waals surface area contributed by atoms with Crippen LogP contribution >= 0.6 is 0 Å². The van der Waals surface area contributed by atoms with E-state index in [-0.39, 0.29) is 29.1 Å². The lowest BCUT2D eigenvalue weighted by atomic mass is 9.97. The van der Waals surface area contributed by atoms with E-state index in [1.54, 1.807) is 47.4 Å². The van der Waals surface area contributed by atoms with Gasteiger partial charge in [-0.15, -0.1) is 0 Å². The zero-order chi connectivity index (χ0) is 25.2. The summed E-state index contributed by atoms with van der Waals surface area (Å²) in [5.41, 5.74) is 1.81. The highest BCUT2D eigenvalue weighted by Gasteiger charge is 2.43. The summed E-state index contributed by atoms with van der Waals surface area (Å²) in [7, 11) is 0. The molecule has 0 bridgehead atoms. The minimum Gasteiger partial charge on any atom is -0.490 e. The molecule has 4 aromatic rings. The molecule has 0 aliphatic carbocycles. The second-order valence-electron chi connectivity index (χ2n) is 8.62. The second-order valence-corrected chi connectivity index (χ2v) is 8.62. The molecule has 0 N–H and O–H groups in total. The third-order valence-corrected chi connectivity index (χ3v) is 6.18. The summed E-state index contributed by atoms with van der Waals surface area (Å²) in [6, 6.07) is 17.6. The van der Waals surface area contributed by atoms with Gasteiger partial charge in [-0.1, -0.05) is 37.3 Å². The average Bonchev–Trinajstić information content (AvgIpc) is 3.16. The molecule has 1 aliphatic rings. The van der Waals surface area contributed by atoms with Gasteiger partial charge in [0.25, 0.3) is 5.91 Å². The van der Waals surface area contributed by atoms with Crippen LogP contribution in [0.3, 0.4) is 0 Å². The molecule has 2 heterocycles. The average molecular weight is 488 g/mol. The van der Waals surface area contributed by atoms with Crippen molar-refractivity contribution in [1.82, 2.24) is 4.90 Å². The van der Waals surface area contributed by atoms with Gasteiger partial charge in [-0.3, -0.25) is 9.59 Å². The lowest BCUT2D eigenvalue weighted by Crippen LogP contribution is -2.29. The first-order valence-corrected chi connectivity index (χ1v) is 12.0. The molecule has 1 atom stereocenters. The number of rotatable bonds is 8. The van der Waals surface area contributed by atoms with Crippen LogP contribution in [0.15, 0.2) is 75.9 Å². The van der Waals surface area contributed by atoms with Gasteiger partial charge in [0.05, 0.1) is 30.2 Å². The summed E-state index contributed by atoms with van der Waals surface area (Å²) in [6.45, 7) is 5.04. The summed E-state index contributed by atoms with van der Waals surface area (Å²) in [6.07, 6.45) is 0.845. The van der Waals surface area contributed by atoms with Gasteiger partial charge in [0.2, 0.25) is 5.76 Å². The van der Waals surface area contributed by atoms with Crippen LogP contribution in [0.4, 0.5) is 4.39 Å². The van der Waals surface area contributed by atoms with E-state index >= 15 is 0 Å². The number of amides is 1. The van der Waals surface area contributed by atoms with Crippen LogP contribution in [-0.2, 0) is 6.54 Å². The van der Waals surface area contributed by atoms with Crippen molar-refractivity contribution >= 4 is 16.9 Å². The topological polar surface area (TPSA) is 69.0 Å². The highest BCUT2D eigenvalue weighted by molar-refractivity contribution is 5.99. The molecule has 36 heavy (non-hydrogen) atoms. The van der Waals surface area contributed by atoms with E-state index in [2.05, 4.69) is 0 Å². The number of halogens is 1. The Morgan fingerprint density at radius 3 is 2.47 bits per heavy atom. The van der Waals surface area contributed by atoms with Crippen molar-refractivity contribution < 1.29 is 23.1 Å². The number of fused-ring (bicyclic) bond motifs is 2. The fraction of sp³-hybridized carbons (Fsp3) is 0.241. The Morgan fingerprint density at radius 1 is 0.944 bits per heavy atom. The maximum atomic E-state index is 13.7. The number of nitrogens with zero attached hydrogens (tertiary/aromatic N) is 1. The van der Waals surface area contributed by atoms with Crippen LogP contribution in [-0.4, -0.2) is 24.0 Å². The summed E-state index contributed by atoms with van der Waals surface area (Å²) in [4.78, 5) is 28.9. The lowest BCUT2D eigenvalue weighted by Gasteiger charge is -2.26. The van der Waals surface area contributed by atoms with Gasteiger partial charge in [0.15, 0.2) is 16.9 Å². The first kappa shape index (κ1) is 23.6. The summed E-state index contributed by atoms with van der Waals surface area (Å²) < 4.78 is 31.2. The predicted octanol–water partition coefficient (Wildman–Crippen LogP) is 5.87. The molecule has 7 heteroatoms. The number of hydrogen-bond donors (Lipinski definition) is 0. The molecule has 1 unspecified atom stereocenters. The van der Waals surface area contributed by atoms with E-state index in [9.17, 15) is 14.0 Å². The Bertz CT molecular complexity index is 1480. The zero-order valence-electron chi connectivity index (χ0n) is 20.1. The standard InChI is InChI=1S/C29H26FNO5/c1-3-15-35-23-14-11-19(16-24(23)34-4-2)26-25-27(32)21-7-5-6-8-22(21)36-28(25)29(33)31(26)17-18-9-12-20(30)13-10-18/h5-14,16,26H,3-4,15,17H2,1-2H3. The number of ether oxygens (including phenoxy) is 2. The normalized spacial score (nSPS) is 14.8. The van der Waals surface area contributed by atoms with E-state index in [1.165, 1.54) is 12.1 Å². The molecular formula is C29H26FNO5. The van der Waals surface area contributed by atoms with Crippen LogP contribution in [0.25, 0.3) is 11.0 Å². The number of carbonyl (C=O) groups excluding carboxylic acids is 1. The third kappa shape index (κ3) is 4.21. The van der Waals surface area contributed by atoms with Gasteiger partial charge in [0.1, 0.15) is 11.4 Å². The maximum Gasteiger partial charge on any atom is 0.291 e. The van der Waals surface area contributed by atoms with Crippen LogP contribution in [0, 0.1) is 5.82 Å². The van der Waals surface area contributed by atoms with Crippen molar-refractivity contribution in [3.8, 4) is 11.5 Å². The fourth-order valence-electron chi connectivity index (χ4n) is 4.56. The summed E-state index contributed by atoms with van der Waals surface area (Å²) >= 11 is 0. The molecule has 1 aromatic heterocycles. The Morgan fingerprint density at radius 2 is 1.72 bits per heavy atom. The highest BCUT2D eigenvalue weighted by atomic mass is 19.1. The van der Waals surface area contributed by atoms with E-state index in [1.807, 2.05) is 26.0 Å². The Balaban J connectivity index is 1.67. The van der Waals surface area contributed by atoms with Gasteiger partial charge in [-0.2, -0.15) is 0 Å². The largest absolute Gasteiger partial charge is 0.490 e. The molecule has 6 nitrogen and oxygen atoms in total. The molecule has 184 valence electrons. The Hall–Kier alpha value is -4.13. The predicted molar refractivity (Wildman–Crippen MR) is 134 cm³/mol. The molecule has 1 aliphatic heterocycles. The Kier molecular flexibility index (Phi) is 6.46. The van der Waals surface area contributed by atoms with Crippen molar-refractivity contribution in [3.05, 3.63) is 105 Å². The van der Waals surface area contributed by atoms with Crippen molar-refractivity contribution in [2.45, 2.75) is 32.9 Å². The van der Waals surface area contributed by atoms with Gasteiger partial charge in [0, 0.05) is 6.54 Å². The number of carbonyl (C=O) groups is 1. The molecular weight excluding hydrogens is 461 g/mol. The van der Waals surface area contributed by atoms with Crippen LogP contribution < -0.4 is 14.9 Å². The summed E-state index contributed by atoms with van der Waals surface area (Å²) in [5.74, 6) is 0.402. The Labute approximate surface area is 207 Å². The molecule has 0 radical (unpaired) electrons. The molecule has 3 aromatic carbocycles. The van der Waals surface area contributed by atoms with Crippen molar-refractivity contribution in [1.29, 1.82) is 0 Å². The molecule has 1 amide bonds. The fourth-order valence-corrected chi connectivity index (χ4v) is 4.56. The van der Waals surface area contributed by atoms with Gasteiger partial charge in [-0.25, -0.2) is 4.39 Å². The molecule has 5 rings (SSSR count). The summed E-state index contributed by atoms with van der Waals surface area (Å²) in [5, 5.41) is 0.408. The molecule has 0 saturated carbocycles. The number of hydrogen-bond acceptors (Lipinski definition) is 5. The van der Waals surface area contributed by atoms with Crippen molar-refractivity contribution in [2.24, 2.45) is 0 Å². The van der Waals surface area contributed by atoms with Crippen LogP contribution in [0.5, 0.6) is 11.5 Å². The quantitative estimate of drug-likeness (QED) is 0.311. The molecule has 0 spiro atoms. The highest BCUT2D eigenvalue weighted by Crippen LogP contribution is 2.41. The first-order chi connectivity index (χ1) is 17.5. The van der Waals surface area contributed by atoms with E-state index in [0.717, 1.165) is 12.0 Å². The van der Waals surface area contributed by atoms with Crippen LogP contribution in [0.2, 0.25) is 0 Å². The second kappa shape index (κ2) is 9.85. The first-order valence-electron chi connectivity index (χ1n) is 12.0. The maximum absolute atomic E-state index is 13.7. The van der Waals surface area contributed by atoms with Gasteiger partial charge < -0.3 is 18.8 Å². The lowest BCUT2D eigenvalue weighted by molar-refractivity contribution is 0.0714. The number of benzene rings is 3. The minimum absolute atomic E-state index is 0.0232. The molecule has 0 saturated heterocycles. The van der Waals surface area contributed by atoms with Crippen molar-refractivity contribution in [2.75, 3.05) is 13.2 Å².